The molecule has 3 aromatic rings. The second-order valence-corrected chi connectivity index (χ2v) is 5.36. The summed E-state index contributed by atoms with van der Waals surface area (Å²) in [6.07, 6.45) is 1.74. The van der Waals surface area contributed by atoms with Gasteiger partial charge in [0.25, 0.3) is 0 Å². The SMILES string of the molecule is Cc1ccnc2c1[nH]c(=S)n2-c1c(Cl)cccc1Cl. The Hall–Kier alpha value is -1.36. The third-order valence-electron chi connectivity index (χ3n) is 2.95. The number of nitrogens with zero attached hydrogens (tertiary/aromatic N) is 2. The van der Waals surface area contributed by atoms with E-state index in [1.54, 1.807) is 29.0 Å². The number of para-hydroxylation sites is 1. The average Bonchev–Trinajstić information content (AvgIpc) is 2.68. The molecule has 0 amide bonds. The standard InChI is InChI=1S/C13H9Cl2N3S/c1-7-5-6-16-12-10(7)17-13(19)18(12)11-8(14)3-2-4-9(11)15/h2-6H,1H3,(H,17,19). The third-order valence-corrected chi connectivity index (χ3v) is 3.84. The summed E-state index contributed by atoms with van der Waals surface area (Å²) < 4.78 is 2.29. The van der Waals surface area contributed by atoms with Crippen LogP contribution in [0.25, 0.3) is 16.9 Å². The zero-order valence-electron chi connectivity index (χ0n) is 9.95. The van der Waals surface area contributed by atoms with E-state index in [0.717, 1.165) is 16.7 Å². The Kier molecular flexibility index (Phi) is 3.09. The van der Waals surface area contributed by atoms with Crippen molar-refractivity contribution in [3.63, 3.8) is 0 Å². The highest BCUT2D eigenvalue weighted by atomic mass is 35.5. The highest BCUT2D eigenvalue weighted by Crippen LogP contribution is 2.31. The molecule has 3 rings (SSSR count). The van der Waals surface area contributed by atoms with Gasteiger partial charge in [0.05, 0.1) is 21.2 Å². The van der Waals surface area contributed by atoms with E-state index in [2.05, 4.69) is 9.97 Å². The summed E-state index contributed by atoms with van der Waals surface area (Å²) in [5.74, 6) is 0. The Labute approximate surface area is 124 Å². The molecular weight excluding hydrogens is 301 g/mol. The fourth-order valence-electron chi connectivity index (χ4n) is 2.04. The van der Waals surface area contributed by atoms with Crippen molar-refractivity contribution in [3.8, 4) is 5.69 Å². The van der Waals surface area contributed by atoms with Gasteiger partial charge in [-0.05, 0) is 42.9 Å². The van der Waals surface area contributed by atoms with Crippen LogP contribution in [0.1, 0.15) is 5.56 Å². The lowest BCUT2D eigenvalue weighted by atomic mass is 10.2. The van der Waals surface area contributed by atoms with Gasteiger partial charge in [0, 0.05) is 6.20 Å². The Morgan fingerprint density at radius 2 is 1.89 bits per heavy atom. The van der Waals surface area contributed by atoms with Crippen molar-refractivity contribution in [2.45, 2.75) is 6.92 Å². The van der Waals surface area contributed by atoms with Crippen LogP contribution in [0.4, 0.5) is 0 Å². The maximum Gasteiger partial charge on any atom is 0.184 e. The molecule has 0 aliphatic rings. The molecule has 2 heterocycles. The Morgan fingerprint density at radius 1 is 1.21 bits per heavy atom. The van der Waals surface area contributed by atoms with Gasteiger partial charge in [-0.3, -0.25) is 4.57 Å². The van der Waals surface area contributed by atoms with Gasteiger partial charge in [0.2, 0.25) is 0 Å². The van der Waals surface area contributed by atoms with Crippen molar-refractivity contribution in [2.24, 2.45) is 0 Å². The van der Waals surface area contributed by atoms with Gasteiger partial charge in [-0.15, -0.1) is 0 Å². The molecule has 6 heteroatoms. The van der Waals surface area contributed by atoms with E-state index in [1.165, 1.54) is 0 Å². The summed E-state index contributed by atoms with van der Waals surface area (Å²) in [7, 11) is 0. The number of aromatic amines is 1. The van der Waals surface area contributed by atoms with E-state index >= 15 is 0 Å². The number of pyridine rings is 1. The van der Waals surface area contributed by atoms with E-state index in [4.69, 9.17) is 35.4 Å². The molecule has 0 aliphatic heterocycles. The first-order valence-electron chi connectivity index (χ1n) is 5.60. The van der Waals surface area contributed by atoms with Gasteiger partial charge in [0.1, 0.15) is 0 Å². The topological polar surface area (TPSA) is 33.6 Å². The number of hydrogen-bond donors (Lipinski definition) is 1. The van der Waals surface area contributed by atoms with Crippen LogP contribution in [0.5, 0.6) is 0 Å². The van der Waals surface area contributed by atoms with Gasteiger partial charge in [0.15, 0.2) is 10.4 Å². The lowest BCUT2D eigenvalue weighted by Gasteiger charge is -2.08. The number of halogens is 2. The van der Waals surface area contributed by atoms with Gasteiger partial charge in [-0.1, -0.05) is 29.3 Å². The molecule has 2 aromatic heterocycles. The number of aryl methyl sites for hydroxylation is 1. The van der Waals surface area contributed by atoms with Gasteiger partial charge < -0.3 is 4.98 Å². The van der Waals surface area contributed by atoms with Gasteiger partial charge in [-0.2, -0.15) is 0 Å². The molecule has 0 saturated heterocycles. The first-order valence-corrected chi connectivity index (χ1v) is 6.76. The number of nitrogens with one attached hydrogen (secondary N) is 1. The Balaban J connectivity index is 2.47. The van der Waals surface area contributed by atoms with Crippen LogP contribution >= 0.6 is 35.4 Å². The third kappa shape index (κ3) is 1.96. The number of imidazole rings is 1. The fraction of sp³-hybridized carbons (Fsp3) is 0.0769. The predicted molar refractivity (Wildman–Crippen MR) is 81.0 cm³/mol. The number of benzene rings is 1. The molecular formula is C13H9Cl2N3S. The maximum atomic E-state index is 6.24. The quantitative estimate of drug-likeness (QED) is 0.661. The van der Waals surface area contributed by atoms with Crippen molar-refractivity contribution >= 4 is 46.6 Å². The van der Waals surface area contributed by atoms with E-state index in [0.29, 0.717) is 20.5 Å². The normalized spacial score (nSPS) is 11.1. The Bertz CT molecular complexity index is 815. The highest BCUT2D eigenvalue weighted by Gasteiger charge is 2.14. The van der Waals surface area contributed by atoms with E-state index in [1.807, 2.05) is 13.0 Å². The molecule has 0 bridgehead atoms. The Morgan fingerprint density at radius 3 is 2.58 bits per heavy atom. The van der Waals surface area contributed by atoms with Crippen LogP contribution in [0.3, 0.4) is 0 Å². The monoisotopic (exact) mass is 309 g/mol. The van der Waals surface area contributed by atoms with E-state index in [-0.39, 0.29) is 0 Å². The number of aromatic nitrogens is 3. The summed E-state index contributed by atoms with van der Waals surface area (Å²) in [6.45, 7) is 1.99. The minimum absolute atomic E-state index is 0.520. The van der Waals surface area contributed by atoms with Crippen molar-refractivity contribution in [1.82, 2.24) is 14.5 Å². The zero-order chi connectivity index (χ0) is 13.6. The second kappa shape index (κ2) is 4.63. The van der Waals surface area contributed by atoms with E-state index in [9.17, 15) is 0 Å². The molecule has 0 spiro atoms. The van der Waals surface area contributed by atoms with E-state index < -0.39 is 0 Å². The summed E-state index contributed by atoms with van der Waals surface area (Å²) in [4.78, 5) is 7.52. The number of fused-ring (bicyclic) bond motifs is 1. The molecule has 0 aliphatic carbocycles. The number of hydrogen-bond acceptors (Lipinski definition) is 2. The predicted octanol–water partition coefficient (Wildman–Crippen LogP) is 4.70. The van der Waals surface area contributed by atoms with Crippen molar-refractivity contribution in [2.75, 3.05) is 0 Å². The molecule has 0 atom stereocenters. The van der Waals surface area contributed by atoms with Crippen LogP contribution in [-0.4, -0.2) is 14.5 Å². The van der Waals surface area contributed by atoms with Crippen molar-refractivity contribution in [1.29, 1.82) is 0 Å². The summed E-state index contributed by atoms with van der Waals surface area (Å²) in [6, 6.07) is 7.27. The molecule has 3 nitrogen and oxygen atoms in total. The van der Waals surface area contributed by atoms with Gasteiger partial charge in [-0.25, -0.2) is 4.98 Å². The largest absolute Gasteiger partial charge is 0.329 e. The average molecular weight is 310 g/mol. The molecule has 96 valence electrons. The summed E-state index contributed by atoms with van der Waals surface area (Å²) >= 11 is 17.8. The summed E-state index contributed by atoms with van der Waals surface area (Å²) in [5, 5.41) is 1.07. The van der Waals surface area contributed by atoms with Crippen LogP contribution in [0, 0.1) is 11.7 Å². The molecule has 0 saturated carbocycles. The first-order chi connectivity index (χ1) is 9.09. The minimum Gasteiger partial charge on any atom is -0.329 e. The maximum absolute atomic E-state index is 6.24. The van der Waals surface area contributed by atoms with Crippen LogP contribution in [0.15, 0.2) is 30.5 Å². The second-order valence-electron chi connectivity index (χ2n) is 4.16. The van der Waals surface area contributed by atoms with Gasteiger partial charge >= 0.3 is 0 Å². The molecule has 0 fully saturated rings. The minimum atomic E-state index is 0.520. The molecule has 0 unspecified atom stereocenters. The summed E-state index contributed by atoms with van der Waals surface area (Å²) in [5.41, 5.74) is 3.33. The van der Waals surface area contributed by atoms with Crippen LogP contribution in [0.2, 0.25) is 10.0 Å². The lowest BCUT2D eigenvalue weighted by molar-refractivity contribution is 1.04. The fourth-order valence-corrected chi connectivity index (χ4v) is 2.88. The molecule has 1 N–H and O–H groups in total. The highest BCUT2D eigenvalue weighted by molar-refractivity contribution is 7.71. The number of rotatable bonds is 1. The molecule has 1 aromatic carbocycles. The zero-order valence-corrected chi connectivity index (χ0v) is 12.3. The first kappa shape index (κ1) is 12.7. The van der Waals surface area contributed by atoms with Crippen LogP contribution in [-0.2, 0) is 0 Å². The number of H-pyrrole nitrogens is 1. The lowest BCUT2D eigenvalue weighted by Crippen LogP contribution is -1.97. The van der Waals surface area contributed by atoms with Crippen molar-refractivity contribution in [3.05, 3.63) is 50.8 Å². The smallest absolute Gasteiger partial charge is 0.184 e. The van der Waals surface area contributed by atoms with Crippen LogP contribution < -0.4 is 0 Å². The molecule has 19 heavy (non-hydrogen) atoms. The molecule has 0 radical (unpaired) electrons. The van der Waals surface area contributed by atoms with Crippen molar-refractivity contribution < 1.29 is 0 Å².